The Bertz CT molecular complexity index is 1000. The molecule has 3 rings (SSSR count). The highest BCUT2D eigenvalue weighted by atomic mass is 32.2. The van der Waals surface area contributed by atoms with Crippen molar-refractivity contribution in [3.8, 4) is 0 Å². The van der Waals surface area contributed by atoms with E-state index in [1.165, 1.54) is 0 Å². The summed E-state index contributed by atoms with van der Waals surface area (Å²) in [5.74, 6) is -0.799. The van der Waals surface area contributed by atoms with Crippen LogP contribution in [0.15, 0.2) is 99.9 Å². The predicted octanol–water partition coefficient (Wildman–Crippen LogP) is 6.42. The molecule has 0 bridgehead atoms. The quantitative estimate of drug-likeness (QED) is 0.174. The number of hydrogen-bond donors (Lipinski definition) is 0. The van der Waals surface area contributed by atoms with E-state index in [4.69, 9.17) is 4.84 Å². The van der Waals surface area contributed by atoms with Crippen LogP contribution in [-0.2, 0) is 4.84 Å². The highest BCUT2D eigenvalue weighted by Gasteiger charge is 2.16. The maximum Gasteiger partial charge on any atom is 0.365 e. The van der Waals surface area contributed by atoms with E-state index in [9.17, 15) is 9.59 Å². The van der Waals surface area contributed by atoms with Crippen molar-refractivity contribution in [2.24, 2.45) is 5.16 Å². The zero-order chi connectivity index (χ0) is 21.2. The molecule has 0 unspecified atom stereocenters. The normalized spacial score (nSPS) is 11.2. The largest absolute Gasteiger partial charge is 0.365 e. The lowest BCUT2D eigenvalue weighted by atomic mass is 10.0. The summed E-state index contributed by atoms with van der Waals surface area (Å²) >= 11 is 1.63. The maximum absolute atomic E-state index is 12.9. The molecule has 3 aromatic carbocycles. The fourth-order valence-electron chi connectivity index (χ4n) is 2.73. The van der Waals surface area contributed by atoms with Gasteiger partial charge in [0.25, 0.3) is 0 Å². The number of Topliss-reactive ketones (excluding diaryl/α,β-unsaturated/α-hetero) is 1. The first kappa shape index (κ1) is 21.5. The Morgan fingerprint density at radius 2 is 1.40 bits per heavy atom. The SMILES string of the molecule is CCCC/C(=N\OC(=O)c1ccccc1)C(=O)c1ccc(Sc2ccccc2)cc1. The van der Waals surface area contributed by atoms with Crippen LogP contribution in [0.25, 0.3) is 0 Å². The van der Waals surface area contributed by atoms with Crippen molar-refractivity contribution < 1.29 is 14.4 Å². The molecule has 0 aliphatic carbocycles. The van der Waals surface area contributed by atoms with Gasteiger partial charge in [-0.15, -0.1) is 0 Å². The van der Waals surface area contributed by atoms with Gasteiger partial charge in [0.1, 0.15) is 5.71 Å². The van der Waals surface area contributed by atoms with Gasteiger partial charge in [-0.3, -0.25) is 4.79 Å². The fourth-order valence-corrected chi connectivity index (χ4v) is 3.57. The molecule has 0 amide bonds. The minimum absolute atomic E-state index is 0.222. The van der Waals surface area contributed by atoms with Crippen molar-refractivity contribution in [1.82, 2.24) is 0 Å². The Balaban J connectivity index is 1.71. The van der Waals surface area contributed by atoms with E-state index in [-0.39, 0.29) is 11.5 Å². The molecular weight excluding hydrogens is 394 g/mol. The van der Waals surface area contributed by atoms with Crippen LogP contribution in [-0.4, -0.2) is 17.5 Å². The molecule has 152 valence electrons. The summed E-state index contributed by atoms with van der Waals surface area (Å²) in [6.07, 6.45) is 2.15. The van der Waals surface area contributed by atoms with Crippen molar-refractivity contribution in [2.45, 2.75) is 36.0 Å². The standard InChI is InChI=1S/C25H23NO3S/c1-2-3-14-23(26-29-25(28)20-10-6-4-7-11-20)24(27)19-15-17-22(18-16-19)30-21-12-8-5-9-13-21/h4-13,15-18H,2-3,14H2,1H3/b26-23+. The monoisotopic (exact) mass is 417 g/mol. The van der Waals surface area contributed by atoms with Crippen LogP contribution < -0.4 is 0 Å². The van der Waals surface area contributed by atoms with Crippen LogP contribution in [0.1, 0.15) is 46.9 Å². The smallest absolute Gasteiger partial charge is 0.312 e. The summed E-state index contributed by atoms with van der Waals surface area (Å²) in [6, 6.07) is 26.1. The molecule has 0 aliphatic heterocycles. The lowest BCUT2D eigenvalue weighted by molar-refractivity contribution is 0.0514. The zero-order valence-electron chi connectivity index (χ0n) is 16.8. The van der Waals surface area contributed by atoms with E-state index in [0.717, 1.165) is 22.6 Å². The Morgan fingerprint density at radius 3 is 2.03 bits per heavy atom. The summed E-state index contributed by atoms with van der Waals surface area (Å²) in [4.78, 5) is 32.3. The van der Waals surface area contributed by atoms with Gasteiger partial charge in [0.2, 0.25) is 5.78 Å². The molecule has 0 spiro atoms. The number of unbranched alkanes of at least 4 members (excludes halogenated alkanes) is 1. The van der Waals surface area contributed by atoms with E-state index in [2.05, 4.69) is 5.16 Å². The third-order valence-corrected chi connectivity index (χ3v) is 5.39. The number of hydrogen-bond acceptors (Lipinski definition) is 5. The molecule has 0 fully saturated rings. The molecule has 0 radical (unpaired) electrons. The van der Waals surface area contributed by atoms with E-state index in [1.807, 2.05) is 55.5 Å². The minimum atomic E-state index is -0.577. The molecule has 0 N–H and O–H groups in total. The Labute approximate surface area is 181 Å². The van der Waals surface area contributed by atoms with Crippen LogP contribution in [0.5, 0.6) is 0 Å². The first-order chi connectivity index (χ1) is 14.7. The topological polar surface area (TPSA) is 55.7 Å². The molecule has 0 atom stereocenters. The molecular formula is C25H23NO3S. The number of rotatable bonds is 9. The van der Waals surface area contributed by atoms with E-state index in [0.29, 0.717) is 17.5 Å². The van der Waals surface area contributed by atoms with Crippen molar-refractivity contribution >= 4 is 29.2 Å². The van der Waals surface area contributed by atoms with Gasteiger partial charge in [0.05, 0.1) is 5.56 Å². The van der Waals surface area contributed by atoms with E-state index >= 15 is 0 Å². The summed E-state index contributed by atoms with van der Waals surface area (Å²) in [5.41, 5.74) is 1.17. The number of benzene rings is 3. The zero-order valence-corrected chi connectivity index (χ0v) is 17.6. The number of carbonyl (C=O) groups is 2. The summed E-state index contributed by atoms with van der Waals surface area (Å²) < 4.78 is 0. The third kappa shape index (κ3) is 6.16. The third-order valence-electron chi connectivity index (χ3n) is 4.37. The maximum atomic E-state index is 12.9. The second-order valence-electron chi connectivity index (χ2n) is 6.65. The Kier molecular flexibility index (Phi) is 7.98. The molecule has 0 aromatic heterocycles. The lowest BCUT2D eigenvalue weighted by Gasteiger charge is -2.07. The molecule has 0 saturated heterocycles. The highest BCUT2D eigenvalue weighted by Crippen LogP contribution is 2.27. The first-order valence-corrected chi connectivity index (χ1v) is 10.7. The van der Waals surface area contributed by atoms with Gasteiger partial charge >= 0.3 is 5.97 Å². The summed E-state index contributed by atoms with van der Waals surface area (Å²) in [5, 5.41) is 3.92. The van der Waals surface area contributed by atoms with Crippen molar-refractivity contribution in [3.63, 3.8) is 0 Å². The number of nitrogens with zero attached hydrogens (tertiary/aromatic N) is 1. The molecule has 5 heteroatoms. The average Bonchev–Trinajstić information content (AvgIpc) is 2.80. The predicted molar refractivity (Wildman–Crippen MR) is 120 cm³/mol. The van der Waals surface area contributed by atoms with Crippen LogP contribution in [0, 0.1) is 0 Å². The van der Waals surface area contributed by atoms with Crippen LogP contribution in [0.2, 0.25) is 0 Å². The van der Waals surface area contributed by atoms with Gasteiger partial charge in [-0.1, -0.05) is 66.7 Å². The van der Waals surface area contributed by atoms with E-state index < -0.39 is 5.97 Å². The Morgan fingerprint density at radius 1 is 0.800 bits per heavy atom. The average molecular weight is 418 g/mol. The molecule has 0 aliphatic rings. The number of carbonyl (C=O) groups excluding carboxylic acids is 2. The fraction of sp³-hybridized carbons (Fsp3) is 0.160. The van der Waals surface area contributed by atoms with Crippen LogP contribution in [0.3, 0.4) is 0 Å². The van der Waals surface area contributed by atoms with Gasteiger partial charge in [0, 0.05) is 15.4 Å². The molecule has 4 nitrogen and oxygen atoms in total. The van der Waals surface area contributed by atoms with Crippen LogP contribution in [0.4, 0.5) is 0 Å². The van der Waals surface area contributed by atoms with Crippen LogP contribution >= 0.6 is 11.8 Å². The molecule has 3 aromatic rings. The van der Waals surface area contributed by atoms with Gasteiger partial charge in [-0.25, -0.2) is 4.79 Å². The second kappa shape index (κ2) is 11.1. The summed E-state index contributed by atoms with van der Waals surface area (Å²) in [7, 11) is 0. The van der Waals surface area contributed by atoms with Crippen molar-refractivity contribution in [2.75, 3.05) is 0 Å². The van der Waals surface area contributed by atoms with Gasteiger partial charge in [-0.05, 0) is 61.4 Å². The van der Waals surface area contributed by atoms with Crippen molar-refractivity contribution in [3.05, 3.63) is 96.1 Å². The summed E-state index contributed by atoms with van der Waals surface area (Å²) in [6.45, 7) is 2.04. The minimum Gasteiger partial charge on any atom is -0.312 e. The van der Waals surface area contributed by atoms with Gasteiger partial charge < -0.3 is 4.84 Å². The Hall–Kier alpha value is -3.18. The molecule has 0 heterocycles. The molecule has 0 saturated carbocycles. The number of oxime groups is 1. The molecule has 30 heavy (non-hydrogen) atoms. The van der Waals surface area contributed by atoms with Crippen molar-refractivity contribution in [1.29, 1.82) is 0 Å². The first-order valence-electron chi connectivity index (χ1n) is 9.88. The lowest BCUT2D eigenvalue weighted by Crippen LogP contribution is -2.16. The highest BCUT2D eigenvalue weighted by molar-refractivity contribution is 7.99. The second-order valence-corrected chi connectivity index (χ2v) is 7.80. The van der Waals surface area contributed by atoms with Gasteiger partial charge in [0.15, 0.2) is 0 Å². The van der Waals surface area contributed by atoms with E-state index in [1.54, 1.807) is 48.2 Å². The number of ketones is 1. The van der Waals surface area contributed by atoms with Gasteiger partial charge in [-0.2, -0.15) is 0 Å².